The van der Waals surface area contributed by atoms with E-state index in [4.69, 9.17) is 9.47 Å². The number of rotatable bonds is 9. The Morgan fingerprint density at radius 1 is 0.889 bits per heavy atom. The van der Waals surface area contributed by atoms with Crippen molar-refractivity contribution in [3.8, 4) is 22.6 Å². The van der Waals surface area contributed by atoms with Crippen molar-refractivity contribution < 1.29 is 22.6 Å². The maximum atomic E-state index is 15.1. The summed E-state index contributed by atoms with van der Waals surface area (Å²) >= 11 is 0. The highest BCUT2D eigenvalue weighted by molar-refractivity contribution is 5.65. The Bertz CT molecular complexity index is 1210. The summed E-state index contributed by atoms with van der Waals surface area (Å²) in [6.07, 6.45) is 8.85. The van der Waals surface area contributed by atoms with Gasteiger partial charge in [-0.1, -0.05) is 55.1 Å². The number of ether oxygens (including phenoxy) is 2. The third-order valence-corrected chi connectivity index (χ3v) is 6.67. The van der Waals surface area contributed by atoms with Crippen LogP contribution < -0.4 is 9.47 Å². The van der Waals surface area contributed by atoms with Crippen LogP contribution >= 0.6 is 0 Å². The lowest BCUT2D eigenvalue weighted by Crippen LogP contribution is -2.13. The van der Waals surface area contributed by atoms with Crippen molar-refractivity contribution in [1.29, 1.82) is 0 Å². The molecule has 36 heavy (non-hydrogen) atoms. The minimum atomic E-state index is -0.804. The molecule has 0 radical (unpaired) electrons. The van der Waals surface area contributed by atoms with E-state index in [0.29, 0.717) is 29.4 Å². The van der Waals surface area contributed by atoms with Gasteiger partial charge in [-0.05, 0) is 85.4 Å². The first-order valence-electron chi connectivity index (χ1n) is 12.4. The van der Waals surface area contributed by atoms with Crippen LogP contribution in [-0.4, -0.2) is 13.2 Å². The van der Waals surface area contributed by atoms with Gasteiger partial charge in [-0.3, -0.25) is 0 Å². The molecule has 3 aromatic carbocycles. The monoisotopic (exact) mass is 492 g/mol. The van der Waals surface area contributed by atoms with Crippen LogP contribution in [0.4, 0.5) is 13.2 Å². The predicted molar refractivity (Wildman–Crippen MR) is 139 cm³/mol. The Balaban J connectivity index is 1.38. The molecular formula is C31H31F3O2. The van der Waals surface area contributed by atoms with Crippen LogP contribution in [0.15, 0.2) is 73.3 Å². The molecule has 1 aliphatic rings. The number of hydrogen-bond donors (Lipinski definition) is 0. The highest BCUT2D eigenvalue weighted by atomic mass is 19.2. The van der Waals surface area contributed by atoms with E-state index in [1.54, 1.807) is 48.5 Å². The maximum Gasteiger partial charge on any atom is 0.166 e. The SMILES string of the molecule is C=CCOc1ccc(/C=C/C2CCC(c3ccc(-c4ccc(OCC)cc4)c(F)c3F)CC2)cc1F. The molecule has 1 aliphatic carbocycles. The molecule has 2 nitrogen and oxygen atoms in total. The van der Waals surface area contributed by atoms with Gasteiger partial charge in [0.15, 0.2) is 23.2 Å². The topological polar surface area (TPSA) is 18.5 Å². The molecule has 0 heterocycles. The second-order valence-electron chi connectivity index (χ2n) is 9.05. The summed E-state index contributed by atoms with van der Waals surface area (Å²) in [4.78, 5) is 0. The summed E-state index contributed by atoms with van der Waals surface area (Å²) < 4.78 is 55.0. The summed E-state index contributed by atoms with van der Waals surface area (Å²) in [5.41, 5.74) is 2.08. The minimum absolute atomic E-state index is 0.0164. The Labute approximate surface area is 211 Å². The summed E-state index contributed by atoms with van der Waals surface area (Å²) in [5, 5.41) is 0. The Morgan fingerprint density at radius 3 is 2.31 bits per heavy atom. The van der Waals surface area contributed by atoms with E-state index in [1.165, 1.54) is 6.07 Å². The third-order valence-electron chi connectivity index (χ3n) is 6.67. The summed E-state index contributed by atoms with van der Waals surface area (Å²) in [6.45, 7) is 6.26. The van der Waals surface area contributed by atoms with Crippen LogP contribution in [0.2, 0.25) is 0 Å². The van der Waals surface area contributed by atoms with Gasteiger partial charge in [0.2, 0.25) is 0 Å². The molecule has 4 rings (SSSR count). The van der Waals surface area contributed by atoms with Crippen molar-refractivity contribution in [2.45, 2.75) is 38.5 Å². The molecule has 188 valence electrons. The highest BCUT2D eigenvalue weighted by Crippen LogP contribution is 2.39. The first-order chi connectivity index (χ1) is 17.5. The van der Waals surface area contributed by atoms with Crippen molar-refractivity contribution in [1.82, 2.24) is 0 Å². The van der Waals surface area contributed by atoms with Crippen molar-refractivity contribution >= 4 is 6.08 Å². The zero-order valence-electron chi connectivity index (χ0n) is 20.5. The smallest absolute Gasteiger partial charge is 0.166 e. The van der Waals surface area contributed by atoms with Gasteiger partial charge < -0.3 is 9.47 Å². The molecule has 0 aromatic heterocycles. The fourth-order valence-electron chi connectivity index (χ4n) is 4.76. The largest absolute Gasteiger partial charge is 0.494 e. The fraction of sp³-hybridized carbons (Fsp3) is 0.290. The van der Waals surface area contributed by atoms with Gasteiger partial charge in [0.05, 0.1) is 6.61 Å². The molecule has 0 spiro atoms. The number of halogens is 3. The second-order valence-corrected chi connectivity index (χ2v) is 9.05. The van der Waals surface area contributed by atoms with Gasteiger partial charge in [-0.15, -0.1) is 0 Å². The molecule has 1 fully saturated rings. The predicted octanol–water partition coefficient (Wildman–Crippen LogP) is 8.72. The van der Waals surface area contributed by atoms with Gasteiger partial charge >= 0.3 is 0 Å². The molecule has 0 amide bonds. The van der Waals surface area contributed by atoms with Crippen LogP contribution in [0, 0.1) is 23.4 Å². The lowest BCUT2D eigenvalue weighted by Gasteiger charge is -2.27. The fourth-order valence-corrected chi connectivity index (χ4v) is 4.76. The van der Waals surface area contributed by atoms with Crippen LogP contribution in [0.5, 0.6) is 11.5 Å². The average molecular weight is 493 g/mol. The Hall–Kier alpha value is -3.47. The van der Waals surface area contributed by atoms with Gasteiger partial charge in [-0.25, -0.2) is 13.2 Å². The third kappa shape index (κ3) is 6.01. The molecule has 0 atom stereocenters. The molecular weight excluding hydrogens is 461 g/mol. The van der Waals surface area contributed by atoms with Crippen LogP contribution in [0.25, 0.3) is 17.2 Å². The van der Waals surface area contributed by atoms with E-state index in [0.717, 1.165) is 31.2 Å². The van der Waals surface area contributed by atoms with E-state index in [2.05, 4.69) is 12.7 Å². The van der Waals surface area contributed by atoms with Crippen molar-refractivity contribution in [2.75, 3.05) is 13.2 Å². The lowest BCUT2D eigenvalue weighted by molar-refractivity contribution is 0.340. The van der Waals surface area contributed by atoms with Gasteiger partial charge in [0.1, 0.15) is 12.4 Å². The van der Waals surface area contributed by atoms with Crippen LogP contribution in [-0.2, 0) is 0 Å². The van der Waals surface area contributed by atoms with E-state index in [-0.39, 0.29) is 23.8 Å². The number of benzene rings is 3. The van der Waals surface area contributed by atoms with Gasteiger partial charge in [-0.2, -0.15) is 0 Å². The van der Waals surface area contributed by atoms with Crippen molar-refractivity contribution in [3.05, 3.63) is 102 Å². The lowest BCUT2D eigenvalue weighted by atomic mass is 9.78. The molecule has 0 N–H and O–H groups in total. The molecule has 0 aliphatic heterocycles. The normalized spacial score (nSPS) is 17.8. The second kappa shape index (κ2) is 12.0. The van der Waals surface area contributed by atoms with Crippen LogP contribution in [0.3, 0.4) is 0 Å². The van der Waals surface area contributed by atoms with E-state index in [9.17, 15) is 4.39 Å². The first-order valence-corrected chi connectivity index (χ1v) is 12.4. The number of allylic oxidation sites excluding steroid dienone is 1. The molecule has 3 aromatic rings. The molecule has 1 saturated carbocycles. The zero-order valence-corrected chi connectivity index (χ0v) is 20.5. The Morgan fingerprint density at radius 2 is 1.64 bits per heavy atom. The van der Waals surface area contributed by atoms with Crippen LogP contribution in [0.1, 0.15) is 49.7 Å². The van der Waals surface area contributed by atoms with E-state index < -0.39 is 17.5 Å². The Kier molecular flexibility index (Phi) is 8.52. The standard InChI is InChI=1S/C31H31F3O2/c1-3-19-36-29-18-9-22(20-28(29)32)6-5-21-7-10-23(11-8-21)26-16-17-27(31(34)30(26)33)24-12-14-25(15-13-24)35-4-2/h3,5-6,9,12-18,20-21,23H,1,4,7-8,10-11,19H2,2H3/b6-5+. The molecule has 0 bridgehead atoms. The van der Waals surface area contributed by atoms with Crippen molar-refractivity contribution in [3.63, 3.8) is 0 Å². The summed E-state index contributed by atoms with van der Waals surface area (Å²) in [6, 6.07) is 15.3. The molecule has 5 heteroatoms. The quantitative estimate of drug-likeness (QED) is 0.278. The van der Waals surface area contributed by atoms with E-state index in [1.807, 2.05) is 19.1 Å². The van der Waals surface area contributed by atoms with Gasteiger partial charge in [0, 0.05) is 5.56 Å². The first kappa shape index (κ1) is 25.6. The maximum absolute atomic E-state index is 15.1. The summed E-state index contributed by atoms with van der Waals surface area (Å²) in [7, 11) is 0. The molecule has 0 unspecified atom stereocenters. The average Bonchev–Trinajstić information content (AvgIpc) is 2.90. The van der Waals surface area contributed by atoms with Gasteiger partial charge in [0.25, 0.3) is 0 Å². The van der Waals surface area contributed by atoms with E-state index >= 15 is 8.78 Å². The van der Waals surface area contributed by atoms with Crippen molar-refractivity contribution in [2.24, 2.45) is 5.92 Å². The zero-order chi connectivity index (χ0) is 25.5. The number of hydrogen-bond acceptors (Lipinski definition) is 2. The highest BCUT2D eigenvalue weighted by Gasteiger charge is 2.25. The summed E-state index contributed by atoms with van der Waals surface area (Å²) in [5.74, 6) is -0.765. The molecule has 0 saturated heterocycles. The minimum Gasteiger partial charge on any atom is -0.494 e.